The summed E-state index contributed by atoms with van der Waals surface area (Å²) in [7, 11) is -2.52. The molecule has 0 aliphatic carbocycles. The molecule has 0 aromatic heterocycles. The normalized spacial score (nSPS) is 33.7. The van der Waals surface area contributed by atoms with Crippen LogP contribution in [0.5, 0.6) is 0 Å². The van der Waals surface area contributed by atoms with Crippen LogP contribution < -0.4 is 0 Å². The van der Waals surface area contributed by atoms with Crippen LogP contribution in [0.3, 0.4) is 0 Å². The molecule has 0 bridgehead atoms. The molecule has 0 radical (unpaired) electrons. The average Bonchev–Trinajstić information content (AvgIpc) is 2.42. The molecule has 0 N–H and O–H groups in total. The van der Waals surface area contributed by atoms with E-state index in [1.54, 1.807) is 13.3 Å². The van der Waals surface area contributed by atoms with Crippen LogP contribution in [0.15, 0.2) is 0 Å². The van der Waals surface area contributed by atoms with Crippen LogP contribution in [0.2, 0.25) is 0 Å². The van der Waals surface area contributed by atoms with Gasteiger partial charge in [0.1, 0.15) is 0 Å². The maximum absolute atomic E-state index is 12.1. The molecule has 0 aromatic rings. The van der Waals surface area contributed by atoms with Crippen LogP contribution >= 0.6 is 7.37 Å². The van der Waals surface area contributed by atoms with Gasteiger partial charge in [0.05, 0.1) is 18.3 Å². The Kier molecular flexibility index (Phi) is 4.68. The first-order valence-corrected chi connectivity index (χ1v) is 9.68. The molecule has 4 atom stereocenters. The Bertz CT molecular complexity index is 364. The lowest BCUT2D eigenvalue weighted by atomic mass is 9.64. The molecule has 1 fully saturated rings. The van der Waals surface area contributed by atoms with Gasteiger partial charge in [-0.1, -0.05) is 41.5 Å². The van der Waals surface area contributed by atoms with Crippen molar-refractivity contribution in [1.82, 2.24) is 0 Å². The van der Waals surface area contributed by atoms with E-state index in [2.05, 4.69) is 48.5 Å². The molecule has 0 aromatic carbocycles. The van der Waals surface area contributed by atoms with Crippen LogP contribution in [0.1, 0.15) is 48.5 Å². The second-order valence-corrected chi connectivity index (χ2v) is 10.6. The molecule has 1 saturated heterocycles. The molecule has 19 heavy (non-hydrogen) atoms. The fourth-order valence-corrected chi connectivity index (χ4v) is 3.32. The van der Waals surface area contributed by atoms with Gasteiger partial charge in [-0.3, -0.25) is 4.57 Å². The largest absolute Gasteiger partial charge is 0.372 e. The first kappa shape index (κ1) is 17.2. The third-order valence-electron chi connectivity index (χ3n) is 4.94. The summed E-state index contributed by atoms with van der Waals surface area (Å²) in [5, 5.41) is 0. The van der Waals surface area contributed by atoms with Gasteiger partial charge < -0.3 is 9.26 Å². The minimum Gasteiger partial charge on any atom is -0.372 e. The van der Waals surface area contributed by atoms with Gasteiger partial charge >= 0.3 is 0 Å². The minimum absolute atomic E-state index is 0.0225. The van der Waals surface area contributed by atoms with Crippen molar-refractivity contribution in [3.8, 4) is 0 Å². The Morgan fingerprint density at radius 1 is 1.05 bits per heavy atom. The Morgan fingerprint density at radius 3 is 1.89 bits per heavy atom. The fraction of sp³-hybridized carbons (Fsp3) is 1.00. The summed E-state index contributed by atoms with van der Waals surface area (Å²) in [5.41, 5.74) is 0.0420. The second-order valence-electron chi connectivity index (χ2n) is 7.91. The van der Waals surface area contributed by atoms with Crippen molar-refractivity contribution in [1.29, 1.82) is 0 Å². The van der Waals surface area contributed by atoms with Crippen molar-refractivity contribution in [2.45, 2.75) is 66.8 Å². The zero-order valence-electron chi connectivity index (χ0n) is 14.0. The molecule has 0 amide bonds. The first-order valence-electron chi connectivity index (χ1n) is 7.16. The van der Waals surface area contributed by atoms with E-state index in [0.29, 0.717) is 0 Å². The van der Waals surface area contributed by atoms with E-state index in [0.717, 1.165) is 0 Å². The van der Waals surface area contributed by atoms with Crippen molar-refractivity contribution in [2.75, 3.05) is 13.3 Å². The van der Waals surface area contributed by atoms with E-state index < -0.39 is 7.37 Å². The molecule has 1 rings (SSSR count). The number of hydrogen-bond donors (Lipinski definition) is 0. The highest BCUT2D eigenvalue weighted by atomic mass is 31.2. The van der Waals surface area contributed by atoms with Gasteiger partial charge in [0.25, 0.3) is 0 Å². The Morgan fingerprint density at radius 2 is 1.53 bits per heavy atom. The fourth-order valence-electron chi connectivity index (χ4n) is 2.43. The van der Waals surface area contributed by atoms with E-state index in [1.165, 1.54) is 0 Å². The van der Waals surface area contributed by atoms with E-state index in [1.807, 2.05) is 0 Å². The molecule has 3 nitrogen and oxygen atoms in total. The molecule has 1 aliphatic heterocycles. The molecule has 4 heteroatoms. The molecule has 3 unspecified atom stereocenters. The quantitative estimate of drug-likeness (QED) is 0.722. The van der Waals surface area contributed by atoms with Gasteiger partial charge in [0, 0.05) is 19.2 Å². The summed E-state index contributed by atoms with van der Waals surface area (Å²) in [4.78, 5) is 0. The van der Waals surface area contributed by atoms with Crippen LogP contribution in [0.4, 0.5) is 0 Å². The minimum atomic E-state index is -2.52. The van der Waals surface area contributed by atoms with Gasteiger partial charge in [-0.2, -0.15) is 0 Å². The van der Waals surface area contributed by atoms with E-state index in [-0.39, 0.29) is 35.1 Å². The maximum atomic E-state index is 12.1. The molecule has 114 valence electrons. The Hall–Kier alpha value is 0.150. The highest BCUT2D eigenvalue weighted by molar-refractivity contribution is 7.57. The zero-order chi connectivity index (χ0) is 15.2. The van der Waals surface area contributed by atoms with Crippen molar-refractivity contribution < 1.29 is 13.8 Å². The summed E-state index contributed by atoms with van der Waals surface area (Å²) in [6.45, 7) is 18.7. The summed E-state index contributed by atoms with van der Waals surface area (Å²) in [6.07, 6.45) is 0.0268. The van der Waals surface area contributed by atoms with Crippen LogP contribution in [0, 0.1) is 16.7 Å². The highest BCUT2D eigenvalue weighted by Gasteiger charge is 2.53. The Balaban J connectivity index is 3.08. The van der Waals surface area contributed by atoms with Crippen molar-refractivity contribution in [3.05, 3.63) is 0 Å². The van der Waals surface area contributed by atoms with Crippen LogP contribution in [-0.2, 0) is 13.8 Å². The smallest absolute Gasteiger partial charge is 0.197 e. The lowest BCUT2D eigenvalue weighted by Crippen LogP contribution is -2.47. The summed E-state index contributed by atoms with van der Waals surface area (Å²) >= 11 is 0. The standard InChI is InChI=1S/C15H31O3P/c1-10-11(2)17-13(12(10)18-19(8,9)16)15(6,7)14(3,4)5/h10-13H,1-9H3/t10?,11?,12?,13-/m0/s1. The summed E-state index contributed by atoms with van der Waals surface area (Å²) in [6, 6.07) is 0. The van der Waals surface area contributed by atoms with Crippen LogP contribution in [0.25, 0.3) is 0 Å². The topological polar surface area (TPSA) is 35.5 Å². The lowest BCUT2D eigenvalue weighted by molar-refractivity contribution is -0.0920. The first-order chi connectivity index (χ1) is 8.27. The molecule has 1 heterocycles. The van der Waals surface area contributed by atoms with Crippen molar-refractivity contribution >= 4 is 7.37 Å². The SMILES string of the molecule is CC1O[C@H](C(C)(C)C(C)(C)C)C(OP(C)(C)=O)C1C. The molecule has 0 spiro atoms. The number of ether oxygens (including phenoxy) is 1. The number of hydrogen-bond acceptors (Lipinski definition) is 3. The van der Waals surface area contributed by atoms with E-state index in [9.17, 15) is 4.57 Å². The predicted molar refractivity (Wildman–Crippen MR) is 81.1 cm³/mol. The van der Waals surface area contributed by atoms with Crippen LogP contribution in [-0.4, -0.2) is 31.6 Å². The van der Waals surface area contributed by atoms with Crippen molar-refractivity contribution in [2.24, 2.45) is 16.7 Å². The lowest BCUT2D eigenvalue weighted by Gasteiger charge is -2.45. The monoisotopic (exact) mass is 290 g/mol. The van der Waals surface area contributed by atoms with E-state index in [4.69, 9.17) is 9.26 Å². The van der Waals surface area contributed by atoms with Gasteiger partial charge in [0.2, 0.25) is 0 Å². The zero-order valence-corrected chi connectivity index (χ0v) is 14.9. The third-order valence-corrected chi connectivity index (χ3v) is 5.69. The van der Waals surface area contributed by atoms with E-state index >= 15 is 0 Å². The van der Waals surface area contributed by atoms with Crippen molar-refractivity contribution in [3.63, 3.8) is 0 Å². The molecular weight excluding hydrogens is 259 g/mol. The predicted octanol–water partition coefficient (Wildman–Crippen LogP) is 4.41. The van der Waals surface area contributed by atoms with Gasteiger partial charge in [-0.15, -0.1) is 0 Å². The summed E-state index contributed by atoms with van der Waals surface area (Å²) in [5.74, 6) is 0.264. The highest BCUT2D eigenvalue weighted by Crippen LogP contribution is 2.52. The van der Waals surface area contributed by atoms with Gasteiger partial charge in [-0.05, 0) is 17.8 Å². The third kappa shape index (κ3) is 3.62. The molecular formula is C15H31O3P. The number of rotatable bonds is 3. The molecule has 0 saturated carbocycles. The second kappa shape index (κ2) is 5.16. The maximum Gasteiger partial charge on any atom is 0.197 e. The summed E-state index contributed by atoms with van der Waals surface area (Å²) < 4.78 is 24.2. The molecule has 1 aliphatic rings. The van der Waals surface area contributed by atoms with Gasteiger partial charge in [0.15, 0.2) is 7.37 Å². The van der Waals surface area contributed by atoms with Gasteiger partial charge in [-0.25, -0.2) is 0 Å². The Labute approximate surface area is 118 Å². The average molecular weight is 290 g/mol.